The van der Waals surface area contributed by atoms with Gasteiger partial charge in [0.1, 0.15) is 10.7 Å². The number of aromatic nitrogens is 1. The minimum Gasteiger partial charge on any atom is -0.439 e. The number of hydrogen-bond donors (Lipinski definition) is 1. The van der Waals surface area contributed by atoms with Crippen LogP contribution in [0.25, 0.3) is 0 Å². The van der Waals surface area contributed by atoms with Gasteiger partial charge in [0.2, 0.25) is 5.88 Å². The third-order valence-corrected chi connectivity index (χ3v) is 2.22. The molecule has 1 aromatic carbocycles. The standard InChI is InChI=1S/C12H10N2OS/c13-12(16)9-6-7-11(14-8-9)15-10-4-2-1-3-5-10/h1-8H,(H2,13,16). The first kappa shape index (κ1) is 10.6. The molecule has 0 saturated carbocycles. The van der Waals surface area contributed by atoms with Gasteiger partial charge in [-0.1, -0.05) is 30.4 Å². The van der Waals surface area contributed by atoms with Crippen LogP contribution in [-0.4, -0.2) is 9.97 Å². The summed E-state index contributed by atoms with van der Waals surface area (Å²) in [5, 5.41) is 0. The highest BCUT2D eigenvalue weighted by Crippen LogP contribution is 2.18. The third kappa shape index (κ3) is 2.55. The van der Waals surface area contributed by atoms with Crippen molar-refractivity contribution in [1.82, 2.24) is 4.98 Å². The molecule has 0 saturated heterocycles. The van der Waals surface area contributed by atoms with Crippen LogP contribution in [0.3, 0.4) is 0 Å². The number of hydrogen-bond acceptors (Lipinski definition) is 3. The number of benzene rings is 1. The zero-order chi connectivity index (χ0) is 11.4. The monoisotopic (exact) mass is 230 g/mol. The van der Waals surface area contributed by atoms with E-state index in [9.17, 15) is 0 Å². The summed E-state index contributed by atoms with van der Waals surface area (Å²) in [7, 11) is 0. The van der Waals surface area contributed by atoms with E-state index in [2.05, 4.69) is 4.98 Å². The third-order valence-electron chi connectivity index (χ3n) is 1.99. The van der Waals surface area contributed by atoms with Gasteiger partial charge in [0, 0.05) is 17.8 Å². The van der Waals surface area contributed by atoms with E-state index in [1.165, 1.54) is 0 Å². The van der Waals surface area contributed by atoms with E-state index >= 15 is 0 Å². The molecule has 0 radical (unpaired) electrons. The van der Waals surface area contributed by atoms with E-state index in [1.54, 1.807) is 18.3 Å². The number of pyridine rings is 1. The molecular weight excluding hydrogens is 220 g/mol. The summed E-state index contributed by atoms with van der Waals surface area (Å²) in [5.41, 5.74) is 6.20. The molecule has 0 amide bonds. The Kier molecular flexibility index (Phi) is 3.12. The average molecular weight is 230 g/mol. The van der Waals surface area contributed by atoms with Gasteiger partial charge in [0.15, 0.2) is 0 Å². The Balaban J connectivity index is 2.14. The highest BCUT2D eigenvalue weighted by Gasteiger charge is 1.99. The molecule has 4 heteroatoms. The first-order valence-corrected chi connectivity index (χ1v) is 5.15. The van der Waals surface area contributed by atoms with E-state index in [0.29, 0.717) is 10.9 Å². The molecule has 2 N–H and O–H groups in total. The summed E-state index contributed by atoms with van der Waals surface area (Å²) in [6.07, 6.45) is 1.60. The van der Waals surface area contributed by atoms with Gasteiger partial charge in [-0.2, -0.15) is 0 Å². The highest BCUT2D eigenvalue weighted by molar-refractivity contribution is 7.80. The molecule has 0 aliphatic heterocycles. The fourth-order valence-corrected chi connectivity index (χ4v) is 1.32. The molecule has 0 aliphatic rings. The topological polar surface area (TPSA) is 48.1 Å². The lowest BCUT2D eigenvalue weighted by molar-refractivity contribution is 0.463. The van der Waals surface area contributed by atoms with Crippen LogP contribution in [0.4, 0.5) is 0 Å². The van der Waals surface area contributed by atoms with Crippen LogP contribution >= 0.6 is 12.2 Å². The Labute approximate surface area is 98.9 Å². The predicted octanol–water partition coefficient (Wildman–Crippen LogP) is 2.51. The molecule has 2 rings (SSSR count). The van der Waals surface area contributed by atoms with Crippen LogP contribution < -0.4 is 10.5 Å². The van der Waals surface area contributed by atoms with Gasteiger partial charge in [-0.05, 0) is 18.2 Å². The van der Waals surface area contributed by atoms with Crippen molar-refractivity contribution in [2.75, 3.05) is 0 Å². The van der Waals surface area contributed by atoms with Crippen LogP contribution in [0.1, 0.15) is 5.56 Å². The van der Waals surface area contributed by atoms with Crippen molar-refractivity contribution >= 4 is 17.2 Å². The normalized spacial score (nSPS) is 9.75. The van der Waals surface area contributed by atoms with Crippen molar-refractivity contribution in [1.29, 1.82) is 0 Å². The summed E-state index contributed by atoms with van der Waals surface area (Å²) in [6, 6.07) is 13.0. The number of ether oxygens (including phenoxy) is 1. The van der Waals surface area contributed by atoms with Crippen molar-refractivity contribution in [3.8, 4) is 11.6 Å². The molecule has 2 aromatic rings. The van der Waals surface area contributed by atoms with Crippen LogP contribution in [-0.2, 0) is 0 Å². The van der Waals surface area contributed by atoms with Crippen molar-refractivity contribution in [3.63, 3.8) is 0 Å². The molecule has 0 fully saturated rings. The smallest absolute Gasteiger partial charge is 0.219 e. The van der Waals surface area contributed by atoms with Gasteiger partial charge in [-0.3, -0.25) is 0 Å². The molecule has 16 heavy (non-hydrogen) atoms. The van der Waals surface area contributed by atoms with Gasteiger partial charge in [-0.15, -0.1) is 0 Å². The molecule has 0 bridgehead atoms. The number of nitrogens with two attached hydrogens (primary N) is 1. The van der Waals surface area contributed by atoms with Crippen molar-refractivity contribution in [2.24, 2.45) is 5.73 Å². The Morgan fingerprint density at radius 3 is 2.44 bits per heavy atom. The maximum absolute atomic E-state index is 5.52. The zero-order valence-corrected chi connectivity index (χ0v) is 9.28. The number of nitrogens with zero attached hydrogens (tertiary/aromatic N) is 1. The molecule has 3 nitrogen and oxygen atoms in total. The molecule has 80 valence electrons. The van der Waals surface area contributed by atoms with Gasteiger partial charge in [0.05, 0.1) is 0 Å². The lowest BCUT2D eigenvalue weighted by Gasteiger charge is -2.04. The minimum absolute atomic E-state index is 0.332. The lowest BCUT2D eigenvalue weighted by Crippen LogP contribution is -2.09. The quantitative estimate of drug-likeness (QED) is 0.823. The van der Waals surface area contributed by atoms with E-state index < -0.39 is 0 Å². The Bertz CT molecular complexity index is 482. The van der Waals surface area contributed by atoms with Gasteiger partial charge in [-0.25, -0.2) is 4.98 Å². The second-order valence-corrected chi connectivity index (χ2v) is 3.60. The van der Waals surface area contributed by atoms with E-state index in [4.69, 9.17) is 22.7 Å². The number of rotatable bonds is 3. The SMILES string of the molecule is NC(=S)c1ccc(Oc2ccccc2)nc1. The molecule has 1 heterocycles. The second kappa shape index (κ2) is 4.72. The van der Waals surface area contributed by atoms with Gasteiger partial charge >= 0.3 is 0 Å². The van der Waals surface area contributed by atoms with Crippen molar-refractivity contribution in [2.45, 2.75) is 0 Å². The summed E-state index contributed by atoms with van der Waals surface area (Å²) in [4.78, 5) is 4.44. The minimum atomic E-state index is 0.332. The molecule has 0 unspecified atom stereocenters. The average Bonchev–Trinajstić information content (AvgIpc) is 2.31. The van der Waals surface area contributed by atoms with Crippen molar-refractivity contribution in [3.05, 3.63) is 54.2 Å². The summed E-state index contributed by atoms with van der Waals surface area (Å²) in [6.45, 7) is 0. The zero-order valence-electron chi connectivity index (χ0n) is 8.46. The van der Waals surface area contributed by atoms with Crippen LogP contribution in [0.5, 0.6) is 11.6 Å². The van der Waals surface area contributed by atoms with E-state index in [-0.39, 0.29) is 0 Å². The first-order valence-electron chi connectivity index (χ1n) is 4.74. The maximum Gasteiger partial charge on any atom is 0.219 e. The largest absolute Gasteiger partial charge is 0.439 e. The van der Waals surface area contributed by atoms with Crippen molar-refractivity contribution < 1.29 is 4.74 Å². The molecule has 0 spiro atoms. The molecule has 1 aromatic heterocycles. The van der Waals surface area contributed by atoms with Crippen LogP contribution in [0.2, 0.25) is 0 Å². The molecule has 0 atom stereocenters. The highest BCUT2D eigenvalue weighted by atomic mass is 32.1. The fourth-order valence-electron chi connectivity index (χ4n) is 1.20. The van der Waals surface area contributed by atoms with E-state index in [0.717, 1.165) is 11.3 Å². The lowest BCUT2D eigenvalue weighted by atomic mass is 10.3. The van der Waals surface area contributed by atoms with Crippen LogP contribution in [0, 0.1) is 0 Å². The first-order chi connectivity index (χ1) is 7.75. The van der Waals surface area contributed by atoms with Gasteiger partial charge < -0.3 is 10.5 Å². The number of para-hydroxylation sites is 1. The van der Waals surface area contributed by atoms with E-state index in [1.807, 2.05) is 30.3 Å². The second-order valence-electron chi connectivity index (χ2n) is 3.16. The van der Waals surface area contributed by atoms with Crippen LogP contribution in [0.15, 0.2) is 48.7 Å². The Morgan fingerprint density at radius 1 is 1.12 bits per heavy atom. The Hall–Kier alpha value is -1.94. The van der Waals surface area contributed by atoms with Gasteiger partial charge in [0.25, 0.3) is 0 Å². The maximum atomic E-state index is 5.52. The summed E-state index contributed by atoms with van der Waals surface area (Å²) >= 11 is 4.83. The number of thiocarbonyl (C=S) groups is 1. The fraction of sp³-hybridized carbons (Fsp3) is 0. The molecular formula is C12H10N2OS. The predicted molar refractivity (Wildman–Crippen MR) is 66.6 cm³/mol. The summed E-state index contributed by atoms with van der Waals surface area (Å²) < 4.78 is 5.52. The Morgan fingerprint density at radius 2 is 1.88 bits per heavy atom. The molecule has 0 aliphatic carbocycles. The summed E-state index contributed by atoms with van der Waals surface area (Å²) in [5.74, 6) is 1.27.